The van der Waals surface area contributed by atoms with Crippen LogP contribution in [0.3, 0.4) is 0 Å². The lowest BCUT2D eigenvalue weighted by atomic mass is 10.0. The van der Waals surface area contributed by atoms with E-state index in [4.69, 9.17) is 9.47 Å². The van der Waals surface area contributed by atoms with Crippen molar-refractivity contribution >= 4 is 5.78 Å². The van der Waals surface area contributed by atoms with Crippen LogP contribution in [0.4, 0.5) is 8.78 Å². The number of hydrogen-bond acceptors (Lipinski definition) is 3. The maximum atomic E-state index is 13.6. The van der Waals surface area contributed by atoms with Crippen molar-refractivity contribution in [3.05, 3.63) is 59.2 Å². The number of ether oxygens (including phenoxy) is 2. The molecule has 0 saturated carbocycles. The number of rotatable bonds is 4. The molecule has 0 fully saturated rings. The van der Waals surface area contributed by atoms with Gasteiger partial charge in [0.1, 0.15) is 0 Å². The summed E-state index contributed by atoms with van der Waals surface area (Å²) in [5.41, 5.74) is 0.366. The van der Waals surface area contributed by atoms with Crippen molar-refractivity contribution in [3.63, 3.8) is 0 Å². The molecule has 0 bridgehead atoms. The second kappa shape index (κ2) is 5.69. The topological polar surface area (TPSA) is 35.5 Å². The van der Waals surface area contributed by atoms with Crippen LogP contribution < -0.4 is 9.47 Å². The number of carbonyl (C=O) groups is 1. The SMILES string of the molecule is COc1ccc(C(=O)c2ccc(F)c(OC)c2)cc1F. The van der Waals surface area contributed by atoms with E-state index in [9.17, 15) is 13.6 Å². The first-order chi connectivity index (χ1) is 9.56. The Bertz CT molecular complexity index is 654. The average molecular weight is 278 g/mol. The number of ketones is 1. The number of hydrogen-bond donors (Lipinski definition) is 0. The van der Waals surface area contributed by atoms with Gasteiger partial charge < -0.3 is 9.47 Å². The fraction of sp³-hybridized carbons (Fsp3) is 0.133. The van der Waals surface area contributed by atoms with Crippen LogP contribution >= 0.6 is 0 Å². The lowest BCUT2D eigenvalue weighted by molar-refractivity contribution is 0.103. The highest BCUT2D eigenvalue weighted by Gasteiger charge is 2.14. The van der Waals surface area contributed by atoms with Gasteiger partial charge in [-0.3, -0.25) is 4.79 Å². The molecule has 0 atom stereocenters. The van der Waals surface area contributed by atoms with Crippen LogP contribution in [0.1, 0.15) is 15.9 Å². The Balaban J connectivity index is 2.38. The standard InChI is InChI=1S/C15H12F2O3/c1-19-13-6-4-9(7-12(13)17)15(18)10-3-5-11(16)14(8-10)20-2/h3-8H,1-2H3. The molecule has 5 heteroatoms. The smallest absolute Gasteiger partial charge is 0.193 e. The summed E-state index contributed by atoms with van der Waals surface area (Å²) < 4.78 is 36.5. The largest absolute Gasteiger partial charge is 0.494 e. The monoisotopic (exact) mass is 278 g/mol. The van der Waals surface area contributed by atoms with E-state index >= 15 is 0 Å². The average Bonchev–Trinajstić information content (AvgIpc) is 2.47. The Hall–Kier alpha value is -2.43. The van der Waals surface area contributed by atoms with Gasteiger partial charge in [0.15, 0.2) is 28.9 Å². The van der Waals surface area contributed by atoms with Crippen LogP contribution in [-0.2, 0) is 0 Å². The molecule has 0 saturated heterocycles. The zero-order valence-corrected chi connectivity index (χ0v) is 10.9. The molecule has 0 radical (unpaired) electrons. The molecule has 2 rings (SSSR count). The summed E-state index contributed by atoms with van der Waals surface area (Å²) in [7, 11) is 2.64. The van der Waals surface area contributed by atoms with Crippen LogP contribution in [0.15, 0.2) is 36.4 Å². The number of benzene rings is 2. The minimum atomic E-state index is -0.632. The zero-order chi connectivity index (χ0) is 14.7. The van der Waals surface area contributed by atoms with Crippen LogP contribution in [0.5, 0.6) is 11.5 Å². The Morgan fingerprint density at radius 1 is 0.850 bits per heavy atom. The lowest BCUT2D eigenvalue weighted by Crippen LogP contribution is -2.03. The molecule has 2 aromatic rings. The summed E-state index contributed by atoms with van der Waals surface area (Å²) in [4.78, 5) is 12.2. The molecule has 3 nitrogen and oxygen atoms in total. The van der Waals surface area contributed by atoms with Crippen molar-refractivity contribution in [2.75, 3.05) is 14.2 Å². The predicted molar refractivity (Wildman–Crippen MR) is 69.3 cm³/mol. The molecular formula is C15H12F2O3. The molecule has 104 valence electrons. The number of halogens is 2. The fourth-order valence-corrected chi connectivity index (χ4v) is 1.78. The van der Waals surface area contributed by atoms with E-state index in [2.05, 4.69) is 0 Å². The maximum Gasteiger partial charge on any atom is 0.193 e. The third-order valence-corrected chi connectivity index (χ3v) is 2.83. The van der Waals surface area contributed by atoms with Crippen LogP contribution in [0, 0.1) is 11.6 Å². The van der Waals surface area contributed by atoms with Crippen molar-refractivity contribution < 1.29 is 23.0 Å². The van der Waals surface area contributed by atoms with Crippen molar-refractivity contribution in [3.8, 4) is 11.5 Å². The predicted octanol–water partition coefficient (Wildman–Crippen LogP) is 3.21. The van der Waals surface area contributed by atoms with Gasteiger partial charge in [-0.1, -0.05) is 0 Å². The minimum absolute atomic E-state index is 0.0372. The second-order valence-corrected chi connectivity index (χ2v) is 4.03. The molecule has 0 aliphatic carbocycles. The van der Waals surface area contributed by atoms with Gasteiger partial charge in [0.05, 0.1) is 14.2 Å². The van der Waals surface area contributed by atoms with Crippen molar-refractivity contribution in [2.24, 2.45) is 0 Å². The van der Waals surface area contributed by atoms with Gasteiger partial charge in [0.25, 0.3) is 0 Å². The van der Waals surface area contributed by atoms with E-state index in [0.717, 1.165) is 12.1 Å². The summed E-state index contributed by atoms with van der Waals surface area (Å²) in [6.45, 7) is 0. The molecule has 2 aromatic carbocycles. The van der Waals surface area contributed by atoms with E-state index in [-0.39, 0.29) is 22.6 Å². The van der Waals surface area contributed by atoms with Crippen molar-refractivity contribution in [1.82, 2.24) is 0 Å². The van der Waals surface area contributed by atoms with E-state index in [1.54, 1.807) is 0 Å². The molecule has 0 aromatic heterocycles. The van der Waals surface area contributed by atoms with Gasteiger partial charge in [-0.05, 0) is 36.4 Å². The highest BCUT2D eigenvalue weighted by atomic mass is 19.1. The molecule has 0 heterocycles. The minimum Gasteiger partial charge on any atom is -0.494 e. The van der Waals surface area contributed by atoms with Gasteiger partial charge in [-0.15, -0.1) is 0 Å². The highest BCUT2D eigenvalue weighted by Crippen LogP contribution is 2.23. The first-order valence-electron chi connectivity index (χ1n) is 5.78. The van der Waals surface area contributed by atoms with Crippen LogP contribution in [0.2, 0.25) is 0 Å². The summed E-state index contributed by atoms with van der Waals surface area (Å²) in [6, 6.07) is 7.62. The summed E-state index contributed by atoms with van der Waals surface area (Å²) in [6.07, 6.45) is 0. The lowest BCUT2D eigenvalue weighted by Gasteiger charge is -2.07. The fourth-order valence-electron chi connectivity index (χ4n) is 1.78. The van der Waals surface area contributed by atoms with Crippen molar-refractivity contribution in [2.45, 2.75) is 0 Å². The summed E-state index contributed by atoms with van der Waals surface area (Å²) in [5.74, 6) is -1.61. The van der Waals surface area contributed by atoms with Gasteiger partial charge in [0.2, 0.25) is 0 Å². The number of methoxy groups -OCH3 is 2. The molecule has 0 aliphatic heterocycles. The first kappa shape index (κ1) is 14.0. The Morgan fingerprint density at radius 2 is 1.45 bits per heavy atom. The molecule has 0 spiro atoms. The van der Waals surface area contributed by atoms with Gasteiger partial charge in [0, 0.05) is 11.1 Å². The van der Waals surface area contributed by atoms with Crippen molar-refractivity contribution in [1.29, 1.82) is 0 Å². The third kappa shape index (κ3) is 2.61. The van der Waals surface area contributed by atoms with Gasteiger partial charge >= 0.3 is 0 Å². The first-order valence-corrected chi connectivity index (χ1v) is 5.78. The van der Waals surface area contributed by atoms with Gasteiger partial charge in [-0.25, -0.2) is 8.78 Å². The molecule has 0 amide bonds. The third-order valence-electron chi connectivity index (χ3n) is 2.83. The molecule has 0 N–H and O–H groups in total. The van der Waals surface area contributed by atoms with E-state index in [1.807, 2.05) is 0 Å². The van der Waals surface area contributed by atoms with E-state index in [1.165, 1.54) is 38.5 Å². The second-order valence-electron chi connectivity index (χ2n) is 4.03. The Labute approximate surface area is 114 Å². The summed E-state index contributed by atoms with van der Waals surface area (Å²) in [5, 5.41) is 0. The highest BCUT2D eigenvalue weighted by molar-refractivity contribution is 6.09. The maximum absolute atomic E-state index is 13.6. The quantitative estimate of drug-likeness (QED) is 0.806. The van der Waals surface area contributed by atoms with Crippen LogP contribution in [-0.4, -0.2) is 20.0 Å². The van der Waals surface area contributed by atoms with Gasteiger partial charge in [-0.2, -0.15) is 0 Å². The number of carbonyl (C=O) groups excluding carboxylic acids is 1. The molecule has 20 heavy (non-hydrogen) atoms. The van der Waals surface area contributed by atoms with Crippen LogP contribution in [0.25, 0.3) is 0 Å². The Kier molecular flexibility index (Phi) is 3.98. The van der Waals surface area contributed by atoms with E-state index in [0.29, 0.717) is 0 Å². The molecular weight excluding hydrogens is 266 g/mol. The van der Waals surface area contributed by atoms with E-state index < -0.39 is 17.4 Å². The Morgan fingerprint density at radius 3 is 2.05 bits per heavy atom. The summed E-state index contributed by atoms with van der Waals surface area (Å²) >= 11 is 0. The normalized spacial score (nSPS) is 10.2. The molecule has 0 unspecified atom stereocenters. The zero-order valence-electron chi connectivity index (χ0n) is 10.9. The molecule has 0 aliphatic rings.